The number of methoxy groups -OCH3 is 1. The molecule has 0 radical (unpaired) electrons. The normalized spacial score (nSPS) is 13.7. The Bertz CT molecular complexity index is 554. The van der Waals surface area contributed by atoms with Gasteiger partial charge in [0.1, 0.15) is 0 Å². The van der Waals surface area contributed by atoms with Crippen LogP contribution in [0.5, 0.6) is 11.5 Å². The summed E-state index contributed by atoms with van der Waals surface area (Å²) in [7, 11) is 3.54. The van der Waals surface area contributed by atoms with Crippen molar-refractivity contribution >= 4 is 17.5 Å². The van der Waals surface area contributed by atoms with Crippen LogP contribution in [0.15, 0.2) is 12.1 Å². The summed E-state index contributed by atoms with van der Waals surface area (Å²) in [4.78, 5) is 13.8. The molecule has 134 valence electrons. The topological polar surface area (TPSA) is 60.0 Å². The maximum absolute atomic E-state index is 11.9. The molecule has 2 rings (SSSR count). The lowest BCUT2D eigenvalue weighted by molar-refractivity contribution is -0.122. The highest BCUT2D eigenvalue weighted by molar-refractivity contribution is 6.32. The number of carbonyl (C=O) groups is 1. The van der Waals surface area contributed by atoms with Gasteiger partial charge in [0, 0.05) is 33.2 Å². The summed E-state index contributed by atoms with van der Waals surface area (Å²) in [5.41, 5.74) is 0.985. The maximum Gasteiger partial charge on any atom is 0.234 e. The number of amides is 1. The van der Waals surface area contributed by atoms with E-state index in [1.807, 2.05) is 24.1 Å². The standard InChI is InChI=1S/C17H25ClN2O4/c1-20(12-16(21)19-5-3-6-22-2)11-13-9-14(18)17-15(10-13)23-7-4-8-24-17/h9-10H,3-8,11-12H2,1-2H3,(H,19,21). The number of likely N-dealkylation sites (N-methyl/N-ethyl adjacent to an activating group) is 1. The van der Waals surface area contributed by atoms with E-state index in [1.165, 1.54) is 0 Å². The molecular formula is C17H25ClN2O4. The molecule has 1 aromatic carbocycles. The van der Waals surface area contributed by atoms with Crippen molar-refractivity contribution in [2.24, 2.45) is 0 Å². The van der Waals surface area contributed by atoms with Crippen LogP contribution in [0.4, 0.5) is 0 Å². The number of hydrogen-bond acceptors (Lipinski definition) is 5. The van der Waals surface area contributed by atoms with Crippen LogP contribution in [0.25, 0.3) is 0 Å². The summed E-state index contributed by atoms with van der Waals surface area (Å²) < 4.78 is 16.3. The van der Waals surface area contributed by atoms with Gasteiger partial charge < -0.3 is 19.5 Å². The number of carbonyl (C=O) groups excluding carboxylic acids is 1. The zero-order valence-corrected chi connectivity index (χ0v) is 15.0. The third-order valence-corrected chi connectivity index (χ3v) is 3.86. The third kappa shape index (κ3) is 5.85. The Morgan fingerprint density at radius 1 is 1.38 bits per heavy atom. The number of halogens is 1. The van der Waals surface area contributed by atoms with E-state index in [1.54, 1.807) is 7.11 Å². The van der Waals surface area contributed by atoms with Crippen LogP contribution >= 0.6 is 11.6 Å². The fraction of sp³-hybridized carbons (Fsp3) is 0.588. The van der Waals surface area contributed by atoms with Gasteiger partial charge in [-0.1, -0.05) is 11.6 Å². The minimum Gasteiger partial charge on any atom is -0.489 e. The monoisotopic (exact) mass is 356 g/mol. The summed E-state index contributed by atoms with van der Waals surface area (Å²) in [5.74, 6) is 1.28. The number of rotatable bonds is 8. The lowest BCUT2D eigenvalue weighted by atomic mass is 10.2. The molecule has 0 saturated carbocycles. The van der Waals surface area contributed by atoms with E-state index in [0.29, 0.717) is 56.0 Å². The SMILES string of the molecule is COCCCNC(=O)CN(C)Cc1cc(Cl)c2c(c1)OCCCO2. The molecule has 0 spiro atoms. The molecule has 1 N–H and O–H groups in total. The van der Waals surface area contributed by atoms with E-state index in [0.717, 1.165) is 18.4 Å². The van der Waals surface area contributed by atoms with Crippen molar-refractivity contribution in [3.05, 3.63) is 22.7 Å². The fourth-order valence-corrected chi connectivity index (χ4v) is 2.78. The van der Waals surface area contributed by atoms with Crippen LogP contribution in [0.2, 0.25) is 5.02 Å². The van der Waals surface area contributed by atoms with Gasteiger partial charge in [-0.15, -0.1) is 0 Å². The van der Waals surface area contributed by atoms with Gasteiger partial charge in [0.2, 0.25) is 5.91 Å². The molecule has 0 unspecified atom stereocenters. The van der Waals surface area contributed by atoms with Crippen LogP contribution in [0.3, 0.4) is 0 Å². The second-order valence-corrected chi connectivity index (χ2v) is 6.23. The van der Waals surface area contributed by atoms with Crippen LogP contribution in [0, 0.1) is 0 Å². The average molecular weight is 357 g/mol. The molecule has 0 aromatic heterocycles. The van der Waals surface area contributed by atoms with Gasteiger partial charge in [0.25, 0.3) is 0 Å². The van der Waals surface area contributed by atoms with E-state index in [4.69, 9.17) is 25.8 Å². The molecular weight excluding hydrogens is 332 g/mol. The van der Waals surface area contributed by atoms with E-state index in [9.17, 15) is 4.79 Å². The molecule has 1 heterocycles. The van der Waals surface area contributed by atoms with Crippen molar-refractivity contribution in [1.82, 2.24) is 10.2 Å². The van der Waals surface area contributed by atoms with Gasteiger partial charge in [-0.25, -0.2) is 0 Å². The lowest BCUT2D eigenvalue weighted by Crippen LogP contribution is -2.35. The first kappa shape index (κ1) is 18.8. The predicted molar refractivity (Wildman–Crippen MR) is 92.9 cm³/mol. The van der Waals surface area contributed by atoms with Crippen molar-refractivity contribution in [3.63, 3.8) is 0 Å². The van der Waals surface area contributed by atoms with Gasteiger partial charge in [-0.05, 0) is 31.2 Å². The molecule has 6 nitrogen and oxygen atoms in total. The van der Waals surface area contributed by atoms with Gasteiger partial charge in [-0.2, -0.15) is 0 Å². The minimum atomic E-state index is -0.00552. The molecule has 1 aliphatic heterocycles. The van der Waals surface area contributed by atoms with Crippen molar-refractivity contribution in [2.75, 3.05) is 47.1 Å². The van der Waals surface area contributed by atoms with Gasteiger partial charge in [-0.3, -0.25) is 9.69 Å². The largest absolute Gasteiger partial charge is 0.489 e. The molecule has 7 heteroatoms. The number of hydrogen-bond donors (Lipinski definition) is 1. The summed E-state index contributed by atoms with van der Waals surface area (Å²) in [5, 5.41) is 3.42. The molecule has 0 fully saturated rings. The van der Waals surface area contributed by atoms with E-state index in [2.05, 4.69) is 5.32 Å². The first-order chi connectivity index (χ1) is 11.6. The quantitative estimate of drug-likeness (QED) is 0.723. The number of nitrogens with one attached hydrogen (secondary N) is 1. The molecule has 0 saturated heterocycles. The number of ether oxygens (including phenoxy) is 3. The van der Waals surface area contributed by atoms with E-state index < -0.39 is 0 Å². The van der Waals surface area contributed by atoms with Gasteiger partial charge in [0.15, 0.2) is 11.5 Å². The second-order valence-electron chi connectivity index (χ2n) is 5.82. The highest BCUT2D eigenvalue weighted by Gasteiger charge is 2.16. The number of nitrogens with zero attached hydrogens (tertiary/aromatic N) is 1. The maximum atomic E-state index is 11.9. The predicted octanol–water partition coefficient (Wildman–Crippen LogP) is 2.09. The summed E-state index contributed by atoms with van der Waals surface area (Å²) in [6, 6.07) is 3.79. The van der Waals surface area contributed by atoms with Crippen molar-refractivity contribution in [3.8, 4) is 11.5 Å². The van der Waals surface area contributed by atoms with Gasteiger partial charge >= 0.3 is 0 Å². The van der Waals surface area contributed by atoms with Crippen molar-refractivity contribution in [2.45, 2.75) is 19.4 Å². The smallest absolute Gasteiger partial charge is 0.234 e. The molecule has 1 amide bonds. The van der Waals surface area contributed by atoms with Crippen LogP contribution in [0.1, 0.15) is 18.4 Å². The molecule has 1 aromatic rings. The third-order valence-electron chi connectivity index (χ3n) is 3.58. The summed E-state index contributed by atoms with van der Waals surface area (Å²) >= 11 is 6.29. The zero-order valence-electron chi connectivity index (χ0n) is 14.3. The van der Waals surface area contributed by atoms with Crippen LogP contribution in [-0.4, -0.2) is 57.9 Å². The van der Waals surface area contributed by atoms with E-state index >= 15 is 0 Å². The minimum absolute atomic E-state index is 0.00552. The Hall–Kier alpha value is -1.50. The fourth-order valence-electron chi connectivity index (χ4n) is 2.49. The Morgan fingerprint density at radius 3 is 2.96 bits per heavy atom. The summed E-state index contributed by atoms with van der Waals surface area (Å²) in [6.45, 7) is 3.41. The highest BCUT2D eigenvalue weighted by atomic mass is 35.5. The second kappa shape index (κ2) is 9.71. The molecule has 0 atom stereocenters. The molecule has 0 aliphatic carbocycles. The zero-order chi connectivity index (χ0) is 17.4. The summed E-state index contributed by atoms with van der Waals surface area (Å²) in [6.07, 6.45) is 1.65. The van der Waals surface area contributed by atoms with Crippen molar-refractivity contribution < 1.29 is 19.0 Å². The molecule has 0 bridgehead atoms. The lowest BCUT2D eigenvalue weighted by Gasteiger charge is -2.18. The molecule has 24 heavy (non-hydrogen) atoms. The Balaban J connectivity index is 1.87. The first-order valence-corrected chi connectivity index (χ1v) is 8.50. The van der Waals surface area contributed by atoms with Crippen LogP contribution in [-0.2, 0) is 16.1 Å². The van der Waals surface area contributed by atoms with Gasteiger partial charge in [0.05, 0.1) is 24.8 Å². The number of fused-ring (bicyclic) bond motifs is 1. The van der Waals surface area contributed by atoms with Crippen molar-refractivity contribution in [1.29, 1.82) is 0 Å². The number of benzene rings is 1. The first-order valence-electron chi connectivity index (χ1n) is 8.12. The van der Waals surface area contributed by atoms with E-state index in [-0.39, 0.29) is 5.91 Å². The Kier molecular flexibility index (Phi) is 7.62. The molecule has 1 aliphatic rings. The average Bonchev–Trinajstić information content (AvgIpc) is 2.77. The Morgan fingerprint density at radius 2 is 2.17 bits per heavy atom. The van der Waals surface area contributed by atoms with Crippen LogP contribution < -0.4 is 14.8 Å². The Labute approximate surface area is 148 Å². The highest BCUT2D eigenvalue weighted by Crippen LogP contribution is 2.38.